The highest BCUT2D eigenvalue weighted by atomic mass is 19.3. The number of benzene rings is 3. The SMILES string of the molecule is FC(F)c1nc2ccccc2n1-c1cc(N2CCOCC2)nc(NC[C@H]2CC[C@H](N(CCOCc3ccccc3)CCOCc3ccccc3)CC2)n1. The highest BCUT2D eigenvalue weighted by Crippen LogP contribution is 2.31. The molecule has 3 aromatic carbocycles. The molecule has 280 valence electrons. The lowest BCUT2D eigenvalue weighted by molar-refractivity contribution is 0.0357. The summed E-state index contributed by atoms with van der Waals surface area (Å²) in [5, 5.41) is 3.50. The largest absolute Gasteiger partial charge is 0.378 e. The van der Waals surface area contributed by atoms with Crippen LogP contribution in [0.5, 0.6) is 0 Å². The highest BCUT2D eigenvalue weighted by molar-refractivity contribution is 5.78. The number of hydrogen-bond donors (Lipinski definition) is 1. The summed E-state index contributed by atoms with van der Waals surface area (Å²) in [5.41, 5.74) is 3.44. The average molecular weight is 726 g/mol. The van der Waals surface area contributed by atoms with Crippen LogP contribution in [-0.4, -0.2) is 89.6 Å². The van der Waals surface area contributed by atoms with Crippen LogP contribution < -0.4 is 10.2 Å². The number of hydrogen-bond acceptors (Lipinski definition) is 9. The van der Waals surface area contributed by atoms with Crippen molar-refractivity contribution in [2.75, 3.05) is 69.4 Å². The zero-order chi connectivity index (χ0) is 36.2. The van der Waals surface area contributed by atoms with E-state index in [1.807, 2.05) is 42.5 Å². The van der Waals surface area contributed by atoms with E-state index in [1.165, 1.54) is 15.7 Å². The minimum Gasteiger partial charge on any atom is -0.378 e. The number of halogens is 2. The Kier molecular flexibility index (Phi) is 12.9. The summed E-state index contributed by atoms with van der Waals surface area (Å²) in [6.45, 7) is 7.42. The topological polar surface area (TPSA) is 89.8 Å². The van der Waals surface area contributed by atoms with E-state index in [9.17, 15) is 8.78 Å². The second kappa shape index (κ2) is 18.5. The van der Waals surface area contributed by atoms with Gasteiger partial charge in [0, 0.05) is 44.8 Å². The van der Waals surface area contributed by atoms with Crippen molar-refractivity contribution < 1.29 is 23.0 Å². The van der Waals surface area contributed by atoms with Crippen molar-refractivity contribution in [2.24, 2.45) is 5.92 Å². The zero-order valence-corrected chi connectivity index (χ0v) is 30.2. The van der Waals surface area contributed by atoms with Crippen LogP contribution >= 0.6 is 0 Å². The van der Waals surface area contributed by atoms with Crippen LogP contribution in [-0.2, 0) is 27.4 Å². The van der Waals surface area contributed by atoms with Crippen LogP contribution in [0.25, 0.3) is 16.9 Å². The molecule has 1 aliphatic heterocycles. The zero-order valence-electron chi connectivity index (χ0n) is 30.2. The number of nitrogens with one attached hydrogen (secondary N) is 1. The van der Waals surface area contributed by atoms with Gasteiger partial charge in [-0.05, 0) is 54.9 Å². The molecule has 12 heteroatoms. The van der Waals surface area contributed by atoms with Gasteiger partial charge in [-0.1, -0.05) is 72.8 Å². The number of para-hydroxylation sites is 2. The second-order valence-corrected chi connectivity index (χ2v) is 13.8. The average Bonchev–Trinajstić information content (AvgIpc) is 3.61. The molecule has 1 aliphatic carbocycles. The molecule has 0 atom stereocenters. The summed E-state index contributed by atoms with van der Waals surface area (Å²) in [4.78, 5) is 18.6. The fourth-order valence-electron chi connectivity index (χ4n) is 7.32. The highest BCUT2D eigenvalue weighted by Gasteiger charge is 2.27. The van der Waals surface area contributed by atoms with Crippen LogP contribution in [0.4, 0.5) is 20.5 Å². The van der Waals surface area contributed by atoms with E-state index in [1.54, 1.807) is 24.3 Å². The third kappa shape index (κ3) is 9.94. The third-order valence-electron chi connectivity index (χ3n) is 10.2. The molecule has 0 bridgehead atoms. The van der Waals surface area contributed by atoms with Gasteiger partial charge in [0.2, 0.25) is 5.95 Å². The van der Waals surface area contributed by atoms with Crippen molar-refractivity contribution in [3.05, 3.63) is 108 Å². The van der Waals surface area contributed by atoms with Crippen LogP contribution in [0.2, 0.25) is 0 Å². The fourth-order valence-corrected chi connectivity index (χ4v) is 7.32. The van der Waals surface area contributed by atoms with Crippen molar-refractivity contribution >= 4 is 22.8 Å². The van der Waals surface area contributed by atoms with Gasteiger partial charge in [0.15, 0.2) is 5.82 Å². The summed E-state index contributed by atoms with van der Waals surface area (Å²) in [6, 6.07) is 30.0. The number of ether oxygens (including phenoxy) is 3. The number of imidazole rings is 1. The predicted molar refractivity (Wildman–Crippen MR) is 203 cm³/mol. The van der Waals surface area contributed by atoms with E-state index in [0.717, 1.165) is 38.8 Å². The molecule has 2 aromatic heterocycles. The summed E-state index contributed by atoms with van der Waals surface area (Å²) < 4.78 is 47.9. The van der Waals surface area contributed by atoms with Gasteiger partial charge in [-0.2, -0.15) is 9.97 Å². The molecule has 0 unspecified atom stereocenters. The number of fused-ring (bicyclic) bond motifs is 1. The minimum atomic E-state index is -2.76. The third-order valence-corrected chi connectivity index (χ3v) is 10.2. The van der Waals surface area contributed by atoms with E-state index in [4.69, 9.17) is 24.2 Å². The Balaban J connectivity index is 0.990. The summed E-state index contributed by atoms with van der Waals surface area (Å²) in [5.74, 6) is 1.58. The Bertz CT molecular complexity index is 1800. The van der Waals surface area contributed by atoms with Gasteiger partial charge in [0.25, 0.3) is 6.43 Å². The van der Waals surface area contributed by atoms with Gasteiger partial charge in [-0.25, -0.2) is 13.8 Å². The smallest absolute Gasteiger partial charge is 0.296 e. The first-order chi connectivity index (χ1) is 26.1. The maximum absolute atomic E-state index is 14.3. The molecule has 3 heterocycles. The lowest BCUT2D eigenvalue weighted by Gasteiger charge is -2.37. The Labute approximate surface area is 310 Å². The van der Waals surface area contributed by atoms with Gasteiger partial charge < -0.3 is 24.4 Å². The molecule has 1 saturated heterocycles. The lowest BCUT2D eigenvalue weighted by atomic mass is 9.85. The van der Waals surface area contributed by atoms with Gasteiger partial charge in [-0.15, -0.1) is 0 Å². The molecule has 10 nitrogen and oxygen atoms in total. The Morgan fingerprint density at radius 2 is 1.36 bits per heavy atom. The number of nitrogens with zero attached hydrogens (tertiary/aromatic N) is 6. The second-order valence-electron chi connectivity index (χ2n) is 13.8. The van der Waals surface area contributed by atoms with Crippen LogP contribution in [0.3, 0.4) is 0 Å². The van der Waals surface area contributed by atoms with E-state index in [-0.39, 0.29) is 5.82 Å². The molecule has 1 N–H and O–H groups in total. The first kappa shape index (κ1) is 36.9. The van der Waals surface area contributed by atoms with Crippen molar-refractivity contribution in [2.45, 2.75) is 51.4 Å². The van der Waals surface area contributed by atoms with Gasteiger partial charge in [0.05, 0.1) is 50.7 Å². The van der Waals surface area contributed by atoms with Gasteiger partial charge in [-0.3, -0.25) is 9.47 Å². The van der Waals surface area contributed by atoms with Crippen molar-refractivity contribution in [3.63, 3.8) is 0 Å². The van der Waals surface area contributed by atoms with Crippen molar-refractivity contribution in [1.82, 2.24) is 24.4 Å². The summed E-state index contributed by atoms with van der Waals surface area (Å²) >= 11 is 0. The molecular weight excluding hydrogens is 676 g/mol. The standard InChI is InChI=1S/C41H49F2N7O3/c42-39(43)40-45-35-13-7-8-14-36(35)50(40)38-27-37(49-21-23-51-24-22-49)46-41(47-38)44-28-31-15-17-34(18-16-31)48(19-25-52-29-32-9-3-1-4-10-32)20-26-53-30-33-11-5-2-6-12-33/h1-14,27,31,34,39H,15-26,28-30H2,(H,44,46,47)/t31-,34-. The van der Waals surface area contributed by atoms with E-state index in [0.29, 0.717) is 99.9 Å². The number of alkyl halides is 2. The summed E-state index contributed by atoms with van der Waals surface area (Å²) in [6.07, 6.45) is 1.50. The van der Waals surface area contributed by atoms with Crippen LogP contribution in [0.1, 0.15) is 49.1 Å². The molecule has 2 fully saturated rings. The van der Waals surface area contributed by atoms with E-state index in [2.05, 4.69) is 44.4 Å². The van der Waals surface area contributed by atoms with Crippen molar-refractivity contribution in [3.8, 4) is 5.82 Å². The van der Waals surface area contributed by atoms with Gasteiger partial charge >= 0.3 is 0 Å². The number of anilines is 2. The first-order valence-corrected chi connectivity index (χ1v) is 18.8. The van der Waals surface area contributed by atoms with Crippen LogP contribution in [0.15, 0.2) is 91.0 Å². The molecule has 2 aliphatic rings. The van der Waals surface area contributed by atoms with Crippen LogP contribution in [0, 0.1) is 5.92 Å². The molecule has 0 amide bonds. The lowest BCUT2D eigenvalue weighted by Crippen LogP contribution is -2.42. The normalized spacial score (nSPS) is 17.9. The Morgan fingerprint density at radius 3 is 2.00 bits per heavy atom. The molecule has 0 radical (unpaired) electrons. The number of aromatic nitrogens is 4. The molecule has 7 rings (SSSR count). The van der Waals surface area contributed by atoms with Crippen molar-refractivity contribution in [1.29, 1.82) is 0 Å². The molecule has 1 saturated carbocycles. The monoisotopic (exact) mass is 725 g/mol. The molecule has 5 aromatic rings. The molecular formula is C41H49F2N7O3. The summed E-state index contributed by atoms with van der Waals surface area (Å²) in [7, 11) is 0. The maximum Gasteiger partial charge on any atom is 0.296 e. The molecule has 0 spiro atoms. The van der Waals surface area contributed by atoms with E-state index >= 15 is 0 Å². The minimum absolute atomic E-state index is 0.331. The van der Waals surface area contributed by atoms with E-state index < -0.39 is 6.43 Å². The number of rotatable bonds is 17. The Morgan fingerprint density at radius 1 is 0.755 bits per heavy atom. The number of morpholine rings is 1. The quantitative estimate of drug-likeness (QED) is 0.0993. The van der Waals surface area contributed by atoms with Gasteiger partial charge in [0.1, 0.15) is 11.6 Å². The fraction of sp³-hybridized carbons (Fsp3) is 0.439. The maximum atomic E-state index is 14.3. The molecule has 53 heavy (non-hydrogen) atoms. The predicted octanol–water partition coefficient (Wildman–Crippen LogP) is 7.30. The first-order valence-electron chi connectivity index (χ1n) is 18.8. The Hall–Kier alpha value is -4.49.